The van der Waals surface area contributed by atoms with E-state index >= 15 is 0 Å². The molecule has 0 bridgehead atoms. The van der Waals surface area contributed by atoms with E-state index < -0.39 is 0 Å². The van der Waals surface area contributed by atoms with E-state index in [1.807, 2.05) is 31.2 Å². The maximum atomic E-state index is 12.3. The molecule has 1 unspecified atom stereocenters. The molecule has 0 spiro atoms. The molecule has 0 aliphatic rings. The Morgan fingerprint density at radius 3 is 2.76 bits per heavy atom. The largest absolute Gasteiger partial charge is 0.397 e. The molecule has 0 aromatic heterocycles. The average molecular weight is 293 g/mol. The maximum absolute atomic E-state index is 12.3. The van der Waals surface area contributed by atoms with Gasteiger partial charge in [-0.05, 0) is 31.9 Å². The van der Waals surface area contributed by atoms with Crippen molar-refractivity contribution >= 4 is 17.3 Å². The summed E-state index contributed by atoms with van der Waals surface area (Å²) in [5, 5.41) is 2.94. The Kier molecular flexibility index (Phi) is 7.61. The first-order chi connectivity index (χ1) is 10.1. The topological polar surface area (TPSA) is 67.6 Å². The van der Waals surface area contributed by atoms with Crippen molar-refractivity contribution in [1.82, 2.24) is 5.32 Å². The monoisotopic (exact) mass is 293 g/mol. The number of para-hydroxylation sites is 2. The first kappa shape index (κ1) is 17.3. The zero-order valence-electron chi connectivity index (χ0n) is 13.3. The highest BCUT2D eigenvalue weighted by atomic mass is 16.5. The molecule has 1 amide bonds. The van der Waals surface area contributed by atoms with Gasteiger partial charge in [-0.25, -0.2) is 0 Å². The van der Waals surface area contributed by atoms with E-state index in [0.717, 1.165) is 25.1 Å². The maximum Gasteiger partial charge on any atom is 0.242 e. The van der Waals surface area contributed by atoms with Crippen LogP contribution in [0.5, 0.6) is 0 Å². The summed E-state index contributed by atoms with van der Waals surface area (Å²) in [6, 6.07) is 7.41. The van der Waals surface area contributed by atoms with Gasteiger partial charge in [0.15, 0.2) is 0 Å². The van der Waals surface area contributed by atoms with Crippen LogP contribution < -0.4 is 16.0 Å². The molecule has 1 atom stereocenters. The van der Waals surface area contributed by atoms with Gasteiger partial charge in [-0.2, -0.15) is 0 Å². The van der Waals surface area contributed by atoms with Crippen molar-refractivity contribution in [3.8, 4) is 0 Å². The first-order valence-corrected chi connectivity index (χ1v) is 7.49. The normalized spacial score (nSPS) is 12.0. The van der Waals surface area contributed by atoms with Crippen LogP contribution in [0.3, 0.4) is 0 Å². The fourth-order valence-corrected chi connectivity index (χ4v) is 2.23. The highest BCUT2D eigenvalue weighted by Gasteiger charge is 2.22. The number of carbonyl (C=O) groups is 1. The number of anilines is 2. The Labute approximate surface area is 127 Å². The summed E-state index contributed by atoms with van der Waals surface area (Å²) in [5.41, 5.74) is 7.65. The molecule has 0 aliphatic heterocycles. The van der Waals surface area contributed by atoms with Gasteiger partial charge in [0.25, 0.3) is 0 Å². The zero-order chi connectivity index (χ0) is 15.7. The van der Waals surface area contributed by atoms with Gasteiger partial charge in [-0.1, -0.05) is 19.1 Å². The van der Waals surface area contributed by atoms with Crippen LogP contribution in [0.2, 0.25) is 0 Å². The third kappa shape index (κ3) is 5.27. The molecule has 1 aromatic carbocycles. The molecule has 118 valence electrons. The van der Waals surface area contributed by atoms with E-state index in [2.05, 4.69) is 17.1 Å². The van der Waals surface area contributed by atoms with Crippen LogP contribution in [0.4, 0.5) is 11.4 Å². The van der Waals surface area contributed by atoms with Gasteiger partial charge < -0.3 is 20.7 Å². The van der Waals surface area contributed by atoms with Crippen molar-refractivity contribution < 1.29 is 9.53 Å². The number of hydrogen-bond acceptors (Lipinski definition) is 4. The number of nitrogens with zero attached hydrogens (tertiary/aromatic N) is 1. The summed E-state index contributed by atoms with van der Waals surface area (Å²) in [4.78, 5) is 14.3. The number of rotatable bonds is 9. The molecular formula is C16H27N3O2. The predicted molar refractivity (Wildman–Crippen MR) is 87.5 cm³/mol. The van der Waals surface area contributed by atoms with Crippen LogP contribution in [0, 0.1) is 0 Å². The molecule has 3 N–H and O–H groups in total. The number of carbonyl (C=O) groups excluding carboxylic acids is 1. The molecule has 1 aromatic rings. The second-order valence-corrected chi connectivity index (χ2v) is 5.07. The van der Waals surface area contributed by atoms with E-state index in [-0.39, 0.29) is 11.9 Å². The number of hydrogen-bond donors (Lipinski definition) is 2. The fourth-order valence-electron chi connectivity index (χ4n) is 2.23. The summed E-state index contributed by atoms with van der Waals surface area (Å²) < 4.78 is 4.98. The molecule has 0 fully saturated rings. The van der Waals surface area contributed by atoms with Crippen LogP contribution >= 0.6 is 0 Å². The van der Waals surface area contributed by atoms with Crippen LogP contribution in [-0.2, 0) is 9.53 Å². The second-order valence-electron chi connectivity index (χ2n) is 5.07. The van der Waals surface area contributed by atoms with Crippen molar-refractivity contribution in [2.75, 3.05) is 37.4 Å². The van der Waals surface area contributed by atoms with Crippen LogP contribution in [0.15, 0.2) is 24.3 Å². The highest BCUT2D eigenvalue weighted by molar-refractivity contribution is 5.86. The van der Waals surface area contributed by atoms with Crippen molar-refractivity contribution in [3.05, 3.63) is 24.3 Å². The lowest BCUT2D eigenvalue weighted by Gasteiger charge is -2.31. The third-order valence-corrected chi connectivity index (χ3v) is 3.38. The summed E-state index contributed by atoms with van der Waals surface area (Å²) in [6.45, 7) is 6.07. The molecule has 0 aliphatic carbocycles. The smallest absolute Gasteiger partial charge is 0.242 e. The standard InChI is InChI=1S/C16H27N3O2/c1-4-11-19(15-9-6-5-8-14(15)17)13(2)16(20)18-10-7-12-21-3/h5-6,8-9,13H,4,7,10-12,17H2,1-3H3,(H,18,20). The van der Waals surface area contributed by atoms with Crippen molar-refractivity contribution in [3.63, 3.8) is 0 Å². The van der Waals surface area contributed by atoms with Crippen molar-refractivity contribution in [1.29, 1.82) is 0 Å². The van der Waals surface area contributed by atoms with Crippen molar-refractivity contribution in [2.45, 2.75) is 32.7 Å². The van der Waals surface area contributed by atoms with Gasteiger partial charge in [-0.3, -0.25) is 4.79 Å². The molecule has 0 radical (unpaired) electrons. The van der Waals surface area contributed by atoms with E-state index in [4.69, 9.17) is 10.5 Å². The van der Waals surface area contributed by atoms with E-state index in [9.17, 15) is 4.79 Å². The Morgan fingerprint density at radius 2 is 2.14 bits per heavy atom. The fraction of sp³-hybridized carbons (Fsp3) is 0.562. The molecule has 0 heterocycles. The van der Waals surface area contributed by atoms with Gasteiger partial charge >= 0.3 is 0 Å². The minimum atomic E-state index is -0.253. The lowest BCUT2D eigenvalue weighted by atomic mass is 10.1. The number of ether oxygens (including phenoxy) is 1. The van der Waals surface area contributed by atoms with E-state index in [1.165, 1.54) is 0 Å². The Morgan fingerprint density at radius 1 is 1.43 bits per heavy atom. The molecular weight excluding hydrogens is 266 g/mol. The molecule has 0 saturated carbocycles. The van der Waals surface area contributed by atoms with Gasteiger partial charge in [0.05, 0.1) is 11.4 Å². The minimum absolute atomic E-state index is 0.0165. The summed E-state index contributed by atoms with van der Waals surface area (Å²) in [5.74, 6) is 0.0165. The van der Waals surface area contributed by atoms with Crippen molar-refractivity contribution in [2.24, 2.45) is 0 Å². The summed E-state index contributed by atoms with van der Waals surface area (Å²) in [7, 11) is 1.66. The molecule has 0 saturated heterocycles. The number of nitrogens with one attached hydrogen (secondary N) is 1. The Balaban J connectivity index is 2.71. The zero-order valence-corrected chi connectivity index (χ0v) is 13.3. The Hall–Kier alpha value is -1.75. The van der Waals surface area contributed by atoms with Gasteiger partial charge in [0, 0.05) is 26.8 Å². The van der Waals surface area contributed by atoms with Crippen LogP contribution in [0.25, 0.3) is 0 Å². The quantitative estimate of drug-likeness (QED) is 0.540. The highest BCUT2D eigenvalue weighted by Crippen LogP contribution is 2.24. The number of benzene rings is 1. The van der Waals surface area contributed by atoms with Gasteiger partial charge in [0.2, 0.25) is 5.91 Å². The lowest BCUT2D eigenvalue weighted by molar-refractivity contribution is -0.122. The van der Waals surface area contributed by atoms with Crippen LogP contribution in [0.1, 0.15) is 26.7 Å². The minimum Gasteiger partial charge on any atom is -0.397 e. The number of nitrogens with two attached hydrogens (primary N) is 1. The lowest BCUT2D eigenvalue weighted by Crippen LogP contribution is -2.46. The van der Waals surface area contributed by atoms with E-state index in [0.29, 0.717) is 18.8 Å². The van der Waals surface area contributed by atoms with Gasteiger partial charge in [-0.15, -0.1) is 0 Å². The first-order valence-electron chi connectivity index (χ1n) is 7.49. The number of methoxy groups -OCH3 is 1. The van der Waals surface area contributed by atoms with E-state index in [1.54, 1.807) is 7.11 Å². The number of amides is 1. The summed E-state index contributed by atoms with van der Waals surface area (Å²) >= 11 is 0. The van der Waals surface area contributed by atoms with Gasteiger partial charge in [0.1, 0.15) is 6.04 Å². The molecule has 5 heteroatoms. The SMILES string of the molecule is CCCN(c1ccccc1N)C(C)C(=O)NCCCOC. The third-order valence-electron chi connectivity index (χ3n) is 3.38. The predicted octanol–water partition coefficient (Wildman–Crippen LogP) is 2.03. The summed E-state index contributed by atoms with van der Waals surface area (Å²) in [6.07, 6.45) is 1.77. The van der Waals surface area contributed by atoms with Crippen LogP contribution in [-0.4, -0.2) is 38.8 Å². The second kappa shape index (κ2) is 9.23. The number of nitrogen functional groups attached to an aromatic ring is 1. The Bertz CT molecular complexity index is 437. The molecule has 5 nitrogen and oxygen atoms in total. The average Bonchev–Trinajstić information content (AvgIpc) is 2.49. The molecule has 21 heavy (non-hydrogen) atoms. The molecule has 1 rings (SSSR count).